The zero-order valence-corrected chi connectivity index (χ0v) is 11.0. The molecule has 1 fully saturated rings. The number of benzene rings is 1. The Morgan fingerprint density at radius 1 is 1.44 bits per heavy atom. The average molecular weight is 249 g/mol. The third-order valence-corrected chi connectivity index (χ3v) is 3.58. The van der Waals surface area contributed by atoms with Crippen molar-refractivity contribution in [3.05, 3.63) is 29.8 Å². The zero-order valence-electron chi connectivity index (χ0n) is 11.0. The number of ether oxygens (including phenoxy) is 1. The Balaban J connectivity index is 2.29. The Hall–Kier alpha value is -1.55. The van der Waals surface area contributed by atoms with Crippen molar-refractivity contribution in [3.63, 3.8) is 0 Å². The van der Waals surface area contributed by atoms with E-state index in [9.17, 15) is 4.79 Å². The molecule has 0 saturated heterocycles. The molecule has 4 heteroatoms. The molecule has 98 valence electrons. The van der Waals surface area contributed by atoms with Gasteiger partial charge >= 0.3 is 5.97 Å². The first kappa shape index (κ1) is 12.9. The van der Waals surface area contributed by atoms with Crippen LogP contribution in [0.25, 0.3) is 0 Å². The van der Waals surface area contributed by atoms with E-state index in [1.54, 1.807) is 7.11 Å². The molecule has 2 rings (SSSR count). The third kappa shape index (κ3) is 2.34. The number of carboxylic acids is 1. The van der Waals surface area contributed by atoms with Crippen LogP contribution in [-0.2, 0) is 4.79 Å². The van der Waals surface area contributed by atoms with Crippen LogP contribution in [0.4, 0.5) is 0 Å². The smallest absolute Gasteiger partial charge is 0.306 e. The second-order valence-corrected chi connectivity index (χ2v) is 4.99. The van der Waals surface area contributed by atoms with E-state index in [-0.39, 0.29) is 17.9 Å². The van der Waals surface area contributed by atoms with Crippen LogP contribution >= 0.6 is 0 Å². The maximum Gasteiger partial charge on any atom is 0.306 e. The predicted molar refractivity (Wildman–Crippen MR) is 68.7 cm³/mol. The van der Waals surface area contributed by atoms with Gasteiger partial charge in [0.05, 0.1) is 13.0 Å². The lowest BCUT2D eigenvalue weighted by molar-refractivity contribution is -0.139. The van der Waals surface area contributed by atoms with Crippen LogP contribution in [0.3, 0.4) is 0 Å². The molecule has 0 spiro atoms. The molecular weight excluding hydrogens is 230 g/mol. The van der Waals surface area contributed by atoms with Gasteiger partial charge in [0.25, 0.3) is 0 Å². The van der Waals surface area contributed by atoms with Crippen LogP contribution in [0.15, 0.2) is 24.3 Å². The van der Waals surface area contributed by atoms with Crippen molar-refractivity contribution in [1.82, 2.24) is 4.90 Å². The molecule has 0 aromatic heterocycles. The van der Waals surface area contributed by atoms with Gasteiger partial charge in [-0.3, -0.25) is 4.79 Å². The topological polar surface area (TPSA) is 49.8 Å². The van der Waals surface area contributed by atoms with E-state index in [0.717, 1.165) is 17.7 Å². The second-order valence-electron chi connectivity index (χ2n) is 4.99. The molecule has 18 heavy (non-hydrogen) atoms. The molecule has 3 atom stereocenters. The third-order valence-electron chi connectivity index (χ3n) is 3.58. The Labute approximate surface area is 107 Å². The number of hydrogen-bond acceptors (Lipinski definition) is 3. The summed E-state index contributed by atoms with van der Waals surface area (Å²) in [6.45, 7) is 0. The van der Waals surface area contributed by atoms with E-state index in [1.807, 2.05) is 38.4 Å². The number of methoxy groups -OCH3 is 1. The number of hydrogen-bond donors (Lipinski definition) is 1. The Morgan fingerprint density at radius 2 is 2.11 bits per heavy atom. The van der Waals surface area contributed by atoms with Crippen LogP contribution in [0, 0.1) is 11.8 Å². The maximum atomic E-state index is 11.0. The fourth-order valence-corrected chi connectivity index (χ4v) is 2.65. The highest BCUT2D eigenvalue weighted by Crippen LogP contribution is 2.51. The van der Waals surface area contributed by atoms with Crippen LogP contribution in [-0.4, -0.2) is 37.2 Å². The first-order chi connectivity index (χ1) is 8.56. The van der Waals surface area contributed by atoms with Gasteiger partial charge < -0.3 is 14.7 Å². The van der Waals surface area contributed by atoms with Crippen molar-refractivity contribution in [2.75, 3.05) is 21.2 Å². The van der Waals surface area contributed by atoms with E-state index in [2.05, 4.69) is 4.90 Å². The zero-order chi connectivity index (χ0) is 13.3. The molecule has 0 aliphatic heterocycles. The molecule has 1 saturated carbocycles. The molecule has 1 aromatic rings. The number of para-hydroxylation sites is 1. The summed E-state index contributed by atoms with van der Waals surface area (Å²) in [5, 5.41) is 9.08. The summed E-state index contributed by atoms with van der Waals surface area (Å²) in [5.41, 5.74) is 1.07. The van der Waals surface area contributed by atoms with Crippen LogP contribution in [0.1, 0.15) is 18.0 Å². The lowest BCUT2D eigenvalue weighted by Crippen LogP contribution is -2.24. The lowest BCUT2D eigenvalue weighted by atomic mass is 9.99. The van der Waals surface area contributed by atoms with Gasteiger partial charge in [-0.15, -0.1) is 0 Å². The van der Waals surface area contributed by atoms with Crippen LogP contribution in [0.2, 0.25) is 0 Å². The molecule has 3 unspecified atom stereocenters. The van der Waals surface area contributed by atoms with Crippen molar-refractivity contribution >= 4 is 5.97 Å². The van der Waals surface area contributed by atoms with Gasteiger partial charge in [-0.05, 0) is 32.5 Å². The average Bonchev–Trinajstić information content (AvgIpc) is 3.10. The number of aliphatic carboxylic acids is 1. The maximum absolute atomic E-state index is 11.0. The van der Waals surface area contributed by atoms with Crippen molar-refractivity contribution in [1.29, 1.82) is 0 Å². The van der Waals surface area contributed by atoms with Crippen molar-refractivity contribution < 1.29 is 14.6 Å². The van der Waals surface area contributed by atoms with E-state index in [4.69, 9.17) is 9.84 Å². The van der Waals surface area contributed by atoms with E-state index in [0.29, 0.717) is 0 Å². The second kappa shape index (κ2) is 4.98. The molecule has 0 radical (unpaired) electrons. The van der Waals surface area contributed by atoms with E-state index < -0.39 is 5.97 Å². The predicted octanol–water partition coefficient (Wildman–Crippen LogP) is 2.02. The molecular formula is C14H19NO3. The molecule has 1 aromatic carbocycles. The fourth-order valence-electron chi connectivity index (χ4n) is 2.65. The number of rotatable bonds is 5. The quantitative estimate of drug-likeness (QED) is 0.867. The molecule has 1 aliphatic carbocycles. The van der Waals surface area contributed by atoms with Gasteiger partial charge in [0.1, 0.15) is 5.75 Å². The molecule has 4 nitrogen and oxygen atoms in total. The van der Waals surface area contributed by atoms with E-state index in [1.165, 1.54) is 0 Å². The molecule has 1 N–H and O–H groups in total. The summed E-state index contributed by atoms with van der Waals surface area (Å²) in [7, 11) is 5.61. The Bertz CT molecular complexity index is 444. The van der Waals surface area contributed by atoms with Gasteiger partial charge in [-0.25, -0.2) is 0 Å². The minimum atomic E-state index is -0.693. The summed E-state index contributed by atoms with van der Waals surface area (Å²) in [4.78, 5) is 13.1. The first-order valence-corrected chi connectivity index (χ1v) is 6.08. The Kier molecular flexibility index (Phi) is 3.57. The normalized spacial score (nSPS) is 23.8. The highest BCUT2D eigenvalue weighted by molar-refractivity contribution is 5.73. The summed E-state index contributed by atoms with van der Waals surface area (Å²) in [6.07, 6.45) is 0.746. The Morgan fingerprint density at radius 3 is 2.61 bits per heavy atom. The van der Waals surface area contributed by atoms with E-state index >= 15 is 0 Å². The number of carboxylic acid groups (broad SMARTS) is 1. The first-order valence-electron chi connectivity index (χ1n) is 6.08. The monoisotopic (exact) mass is 249 g/mol. The SMILES string of the molecule is COc1ccccc1C(C1CC1C(=O)O)N(C)C. The minimum Gasteiger partial charge on any atom is -0.496 e. The van der Waals surface area contributed by atoms with Gasteiger partial charge in [-0.2, -0.15) is 0 Å². The summed E-state index contributed by atoms with van der Waals surface area (Å²) >= 11 is 0. The molecule has 0 bridgehead atoms. The standard InChI is InChI=1S/C14H19NO3/c1-15(2)13(10-8-11(10)14(16)17)9-6-4-5-7-12(9)18-3/h4-7,10-11,13H,8H2,1-3H3,(H,16,17). The molecule has 0 amide bonds. The van der Waals surface area contributed by atoms with Gasteiger partial charge in [0.2, 0.25) is 0 Å². The molecule has 1 aliphatic rings. The van der Waals surface area contributed by atoms with Crippen LogP contribution < -0.4 is 4.74 Å². The number of nitrogens with zero attached hydrogens (tertiary/aromatic N) is 1. The van der Waals surface area contributed by atoms with Crippen molar-refractivity contribution in [3.8, 4) is 5.75 Å². The highest BCUT2D eigenvalue weighted by Gasteiger charge is 2.49. The van der Waals surface area contributed by atoms with Crippen molar-refractivity contribution in [2.24, 2.45) is 11.8 Å². The number of carbonyl (C=O) groups is 1. The van der Waals surface area contributed by atoms with Crippen molar-refractivity contribution in [2.45, 2.75) is 12.5 Å². The summed E-state index contributed by atoms with van der Waals surface area (Å²) in [5.74, 6) is 0.0881. The highest BCUT2D eigenvalue weighted by atomic mass is 16.5. The molecule has 0 heterocycles. The fraction of sp³-hybridized carbons (Fsp3) is 0.500. The van der Waals surface area contributed by atoms with Gasteiger partial charge in [0, 0.05) is 11.6 Å². The largest absolute Gasteiger partial charge is 0.496 e. The minimum absolute atomic E-state index is 0.0993. The van der Waals surface area contributed by atoms with Crippen LogP contribution in [0.5, 0.6) is 5.75 Å². The summed E-state index contributed by atoms with van der Waals surface area (Å²) < 4.78 is 5.38. The summed E-state index contributed by atoms with van der Waals surface area (Å²) in [6, 6.07) is 7.93. The lowest BCUT2D eigenvalue weighted by Gasteiger charge is -2.26. The van der Waals surface area contributed by atoms with Gasteiger partial charge in [-0.1, -0.05) is 18.2 Å². The van der Waals surface area contributed by atoms with Gasteiger partial charge in [0.15, 0.2) is 0 Å².